The van der Waals surface area contributed by atoms with Gasteiger partial charge in [-0.2, -0.15) is 4.31 Å². The Kier molecular flexibility index (Phi) is 5.36. The Balaban J connectivity index is 1.93. The zero-order valence-corrected chi connectivity index (χ0v) is 15.8. The minimum Gasteiger partial charge on any atom is -0.460 e. The van der Waals surface area contributed by atoms with Crippen LogP contribution >= 0.6 is 0 Å². The third kappa shape index (κ3) is 3.36. The van der Waals surface area contributed by atoms with Gasteiger partial charge in [-0.05, 0) is 57.4 Å². The number of rotatable bonds is 5. The van der Waals surface area contributed by atoms with E-state index in [0.29, 0.717) is 42.1 Å². The Bertz CT molecular complexity index is 911. The summed E-state index contributed by atoms with van der Waals surface area (Å²) in [5.41, 5.74) is 6.72. The van der Waals surface area contributed by atoms with Crippen LogP contribution in [0.3, 0.4) is 0 Å². The molecule has 0 spiro atoms. The standard InChI is InChI=1S/C18H24N2O5S/c1-3-24-18(21)17-12(2)15-10-14(4-5-16(15)25-17)26(22,23)20-8-6-13(11-19)7-9-20/h4-5,10,13H,3,6-9,11,19H2,1-2H3. The highest BCUT2D eigenvalue weighted by molar-refractivity contribution is 7.89. The van der Waals surface area contributed by atoms with E-state index >= 15 is 0 Å². The van der Waals surface area contributed by atoms with Gasteiger partial charge in [0, 0.05) is 24.0 Å². The van der Waals surface area contributed by atoms with Crippen molar-refractivity contribution in [1.82, 2.24) is 4.31 Å². The van der Waals surface area contributed by atoms with Crippen molar-refractivity contribution in [3.05, 3.63) is 29.5 Å². The van der Waals surface area contributed by atoms with Crippen LogP contribution in [0.2, 0.25) is 0 Å². The summed E-state index contributed by atoms with van der Waals surface area (Å²) < 4.78 is 37.9. The molecule has 0 bridgehead atoms. The van der Waals surface area contributed by atoms with E-state index < -0.39 is 16.0 Å². The topological polar surface area (TPSA) is 103 Å². The number of sulfonamides is 1. The van der Waals surface area contributed by atoms with Crippen LogP contribution in [-0.2, 0) is 14.8 Å². The van der Waals surface area contributed by atoms with E-state index in [4.69, 9.17) is 14.9 Å². The predicted octanol–water partition coefficient (Wildman–Crippen LogP) is 2.28. The molecule has 1 aromatic carbocycles. The fraction of sp³-hybridized carbons (Fsp3) is 0.500. The Morgan fingerprint density at radius 2 is 2.04 bits per heavy atom. The average molecular weight is 380 g/mol. The number of esters is 1. The zero-order chi connectivity index (χ0) is 18.9. The Morgan fingerprint density at radius 3 is 2.65 bits per heavy atom. The molecule has 0 unspecified atom stereocenters. The van der Waals surface area contributed by atoms with Crippen LogP contribution in [0.25, 0.3) is 11.0 Å². The molecule has 0 aliphatic carbocycles. The maximum Gasteiger partial charge on any atom is 0.374 e. The third-order valence-electron chi connectivity index (χ3n) is 4.91. The minimum atomic E-state index is -3.59. The van der Waals surface area contributed by atoms with Gasteiger partial charge in [-0.15, -0.1) is 0 Å². The predicted molar refractivity (Wildman–Crippen MR) is 97.4 cm³/mol. The highest BCUT2D eigenvalue weighted by Gasteiger charge is 2.30. The number of fused-ring (bicyclic) bond motifs is 1. The van der Waals surface area contributed by atoms with Crippen LogP contribution in [0.15, 0.2) is 27.5 Å². The first-order valence-electron chi connectivity index (χ1n) is 8.79. The van der Waals surface area contributed by atoms with Crippen molar-refractivity contribution in [3.63, 3.8) is 0 Å². The molecule has 1 aromatic heterocycles. The van der Waals surface area contributed by atoms with Crippen LogP contribution in [-0.4, -0.2) is 44.9 Å². The molecule has 2 N–H and O–H groups in total. The maximum absolute atomic E-state index is 13.0. The van der Waals surface area contributed by atoms with Gasteiger partial charge in [-0.1, -0.05) is 0 Å². The van der Waals surface area contributed by atoms with E-state index in [9.17, 15) is 13.2 Å². The monoisotopic (exact) mass is 380 g/mol. The molecule has 2 aromatic rings. The summed E-state index contributed by atoms with van der Waals surface area (Å²) >= 11 is 0. The van der Waals surface area contributed by atoms with Gasteiger partial charge < -0.3 is 14.9 Å². The third-order valence-corrected chi connectivity index (χ3v) is 6.81. The molecule has 0 atom stereocenters. The number of aryl methyl sites for hydroxylation is 1. The van der Waals surface area contributed by atoms with Crippen molar-refractivity contribution in [2.45, 2.75) is 31.6 Å². The Morgan fingerprint density at radius 1 is 1.35 bits per heavy atom. The molecule has 26 heavy (non-hydrogen) atoms. The van der Waals surface area contributed by atoms with Crippen LogP contribution in [0.5, 0.6) is 0 Å². The lowest BCUT2D eigenvalue weighted by atomic mass is 9.99. The van der Waals surface area contributed by atoms with E-state index in [1.165, 1.54) is 10.4 Å². The fourth-order valence-electron chi connectivity index (χ4n) is 3.29. The van der Waals surface area contributed by atoms with Crippen molar-refractivity contribution in [1.29, 1.82) is 0 Å². The van der Waals surface area contributed by atoms with E-state index in [1.807, 2.05) is 0 Å². The van der Waals surface area contributed by atoms with Crippen molar-refractivity contribution in [3.8, 4) is 0 Å². The highest BCUT2D eigenvalue weighted by atomic mass is 32.2. The molecule has 142 valence electrons. The molecule has 2 heterocycles. The molecule has 3 rings (SSSR count). The van der Waals surface area contributed by atoms with Crippen LogP contribution in [0.4, 0.5) is 0 Å². The van der Waals surface area contributed by atoms with Gasteiger partial charge in [0.2, 0.25) is 15.8 Å². The number of carbonyl (C=O) groups excluding carboxylic acids is 1. The summed E-state index contributed by atoms with van der Waals surface area (Å²) in [7, 11) is -3.59. The number of nitrogens with two attached hydrogens (primary N) is 1. The summed E-state index contributed by atoms with van der Waals surface area (Å²) in [4.78, 5) is 12.2. The molecular formula is C18H24N2O5S. The van der Waals surface area contributed by atoms with E-state index in [0.717, 1.165) is 12.8 Å². The molecule has 0 saturated carbocycles. The molecule has 0 radical (unpaired) electrons. The zero-order valence-electron chi connectivity index (χ0n) is 15.0. The lowest BCUT2D eigenvalue weighted by Gasteiger charge is -2.30. The lowest BCUT2D eigenvalue weighted by molar-refractivity contribution is 0.0491. The van der Waals surface area contributed by atoms with Gasteiger partial charge in [-0.25, -0.2) is 13.2 Å². The van der Waals surface area contributed by atoms with Gasteiger partial charge in [0.15, 0.2) is 0 Å². The van der Waals surface area contributed by atoms with Gasteiger partial charge in [-0.3, -0.25) is 0 Å². The molecule has 8 heteroatoms. The number of furan rings is 1. The van der Waals surface area contributed by atoms with Gasteiger partial charge in [0.05, 0.1) is 11.5 Å². The normalized spacial score (nSPS) is 16.9. The van der Waals surface area contributed by atoms with Crippen LogP contribution in [0, 0.1) is 12.8 Å². The molecule has 1 aliphatic heterocycles. The van der Waals surface area contributed by atoms with Gasteiger partial charge in [0.25, 0.3) is 0 Å². The fourth-order valence-corrected chi connectivity index (χ4v) is 4.78. The largest absolute Gasteiger partial charge is 0.460 e. The highest BCUT2D eigenvalue weighted by Crippen LogP contribution is 2.30. The van der Waals surface area contributed by atoms with Gasteiger partial charge >= 0.3 is 5.97 Å². The second kappa shape index (κ2) is 7.38. The van der Waals surface area contributed by atoms with Crippen molar-refractivity contribution in [2.24, 2.45) is 11.7 Å². The number of benzene rings is 1. The second-order valence-electron chi connectivity index (χ2n) is 6.52. The van der Waals surface area contributed by atoms with Gasteiger partial charge in [0.1, 0.15) is 5.58 Å². The average Bonchev–Trinajstić information content (AvgIpc) is 2.98. The Labute approximate surface area is 153 Å². The second-order valence-corrected chi connectivity index (χ2v) is 8.46. The molecule has 0 amide bonds. The van der Waals surface area contributed by atoms with E-state index in [1.54, 1.807) is 26.0 Å². The summed E-state index contributed by atoms with van der Waals surface area (Å²) in [6.45, 7) is 5.22. The molecular weight excluding hydrogens is 356 g/mol. The van der Waals surface area contributed by atoms with Crippen molar-refractivity contribution in [2.75, 3.05) is 26.2 Å². The van der Waals surface area contributed by atoms with E-state index in [-0.39, 0.29) is 17.3 Å². The molecule has 7 nitrogen and oxygen atoms in total. The number of ether oxygens (including phenoxy) is 1. The number of nitrogens with zero attached hydrogens (tertiary/aromatic N) is 1. The SMILES string of the molecule is CCOC(=O)c1oc2ccc(S(=O)(=O)N3CCC(CN)CC3)cc2c1C. The number of piperidine rings is 1. The summed E-state index contributed by atoms with van der Waals surface area (Å²) in [5.74, 6) is -0.0539. The summed E-state index contributed by atoms with van der Waals surface area (Å²) in [6.07, 6.45) is 1.55. The molecule has 1 aliphatic rings. The number of hydrogen-bond acceptors (Lipinski definition) is 6. The molecule has 1 saturated heterocycles. The quantitative estimate of drug-likeness (QED) is 0.798. The minimum absolute atomic E-state index is 0.111. The van der Waals surface area contributed by atoms with Crippen molar-refractivity contribution >= 4 is 27.0 Å². The van der Waals surface area contributed by atoms with Crippen LogP contribution in [0.1, 0.15) is 35.9 Å². The molecule has 1 fully saturated rings. The first-order chi connectivity index (χ1) is 12.4. The first kappa shape index (κ1) is 18.9. The Hall–Kier alpha value is -1.90. The maximum atomic E-state index is 13.0. The summed E-state index contributed by atoms with van der Waals surface area (Å²) in [6, 6.07) is 4.68. The summed E-state index contributed by atoms with van der Waals surface area (Å²) in [5, 5.41) is 0.603. The lowest BCUT2D eigenvalue weighted by Crippen LogP contribution is -2.39. The smallest absolute Gasteiger partial charge is 0.374 e. The first-order valence-corrected chi connectivity index (χ1v) is 10.2. The number of carbonyl (C=O) groups is 1. The van der Waals surface area contributed by atoms with Crippen LogP contribution < -0.4 is 5.73 Å². The van der Waals surface area contributed by atoms with Crippen molar-refractivity contribution < 1.29 is 22.4 Å². The number of hydrogen-bond donors (Lipinski definition) is 1. The van der Waals surface area contributed by atoms with E-state index in [2.05, 4.69) is 0 Å².